The maximum absolute atomic E-state index is 9.83. The van der Waals surface area contributed by atoms with Crippen LogP contribution < -0.4 is 4.74 Å². The largest absolute Gasteiger partial charge is 0.476 e. The molecule has 0 saturated carbocycles. The minimum Gasteiger partial charge on any atom is -0.476 e. The topological polar surface area (TPSA) is 59.9 Å². The second-order valence-electron chi connectivity index (χ2n) is 6.46. The molecule has 7 heteroatoms. The molecule has 1 unspecified atom stereocenters. The van der Waals surface area contributed by atoms with Gasteiger partial charge in [0.25, 0.3) is 5.71 Å². The third-order valence-electron chi connectivity index (χ3n) is 4.54. The minimum absolute atomic E-state index is 0.170. The number of nitrogens with zero attached hydrogens (tertiary/aromatic N) is 2. The van der Waals surface area contributed by atoms with E-state index >= 15 is 0 Å². The number of oxazole rings is 1. The predicted octanol–water partition coefficient (Wildman–Crippen LogP) is 5.63. The average molecular weight is 417 g/mol. The zero-order valence-corrected chi connectivity index (χ0v) is 16.8. The summed E-state index contributed by atoms with van der Waals surface area (Å²) in [4.78, 5) is 0. The number of halogens is 2. The lowest BCUT2D eigenvalue weighted by Crippen LogP contribution is -2.12. The van der Waals surface area contributed by atoms with Crippen molar-refractivity contribution in [2.75, 3.05) is 6.61 Å². The first-order valence-electron chi connectivity index (χ1n) is 8.76. The molecule has 0 bridgehead atoms. The highest BCUT2D eigenvalue weighted by Gasteiger charge is 2.25. The van der Waals surface area contributed by atoms with Crippen LogP contribution in [0.1, 0.15) is 23.1 Å². The van der Waals surface area contributed by atoms with E-state index in [1.807, 2.05) is 50.2 Å². The van der Waals surface area contributed by atoms with Gasteiger partial charge < -0.3 is 14.3 Å². The third-order valence-corrected chi connectivity index (χ3v) is 5.09. The van der Waals surface area contributed by atoms with Gasteiger partial charge in [0.2, 0.25) is 5.75 Å². The van der Waals surface area contributed by atoms with E-state index in [-0.39, 0.29) is 6.61 Å². The van der Waals surface area contributed by atoms with Crippen molar-refractivity contribution in [1.29, 1.82) is 0 Å². The summed E-state index contributed by atoms with van der Waals surface area (Å²) in [5.74, 6) is 1.14. The van der Waals surface area contributed by atoms with Gasteiger partial charge in [-0.05, 0) is 37.6 Å². The van der Waals surface area contributed by atoms with Crippen molar-refractivity contribution in [3.63, 3.8) is 0 Å². The molecule has 4 aromatic rings. The molecule has 0 aliphatic heterocycles. The summed E-state index contributed by atoms with van der Waals surface area (Å²) in [5, 5.41) is 15.5. The molecule has 1 atom stereocenters. The number of aliphatic hydroxyl groups is 1. The fraction of sp³-hybridized carbons (Fsp3) is 0.190. The summed E-state index contributed by atoms with van der Waals surface area (Å²) < 4.78 is 13.8. The number of rotatable bonds is 5. The molecular weight excluding hydrogens is 399 g/mol. The second kappa shape index (κ2) is 7.51. The Kier molecular flexibility index (Phi) is 5.06. The van der Waals surface area contributed by atoms with E-state index in [9.17, 15) is 5.11 Å². The minimum atomic E-state index is -0.527. The number of hydrogen-bond donors (Lipinski definition) is 1. The number of aryl methyl sites for hydroxylation is 2. The Bertz CT molecular complexity index is 1140. The van der Waals surface area contributed by atoms with Gasteiger partial charge in [0.05, 0.1) is 11.6 Å². The smallest absolute Gasteiger partial charge is 0.266 e. The number of ether oxygens (including phenoxy) is 1. The summed E-state index contributed by atoms with van der Waals surface area (Å²) in [6.07, 6.45) is -0.527. The molecule has 4 rings (SSSR count). The summed E-state index contributed by atoms with van der Waals surface area (Å²) in [6, 6.07) is 14.8. The zero-order chi connectivity index (χ0) is 19.8. The number of aliphatic hydroxyl groups excluding tert-OH is 1. The molecule has 0 radical (unpaired) electrons. The molecule has 0 aliphatic rings. The molecular formula is C21H18Cl2N2O3. The first kappa shape index (κ1) is 18.9. The summed E-state index contributed by atoms with van der Waals surface area (Å²) in [7, 11) is 0. The lowest BCUT2D eigenvalue weighted by Gasteiger charge is -2.16. The molecule has 144 valence electrons. The highest BCUT2D eigenvalue weighted by atomic mass is 35.5. The summed E-state index contributed by atoms with van der Waals surface area (Å²) >= 11 is 12.4. The number of fused-ring (bicyclic) bond motifs is 1. The van der Waals surface area contributed by atoms with E-state index < -0.39 is 6.10 Å². The van der Waals surface area contributed by atoms with Crippen LogP contribution in [0.2, 0.25) is 10.0 Å². The van der Waals surface area contributed by atoms with Crippen LogP contribution in [0.5, 0.6) is 5.75 Å². The molecule has 0 aliphatic carbocycles. The normalized spacial score (nSPS) is 12.5. The maximum atomic E-state index is 9.83. The van der Waals surface area contributed by atoms with E-state index in [1.165, 1.54) is 0 Å². The molecule has 0 spiro atoms. The molecule has 0 amide bonds. The van der Waals surface area contributed by atoms with E-state index in [0.717, 1.165) is 16.8 Å². The zero-order valence-electron chi connectivity index (χ0n) is 15.3. The Balaban J connectivity index is 1.80. The van der Waals surface area contributed by atoms with Crippen molar-refractivity contribution in [3.8, 4) is 17.0 Å². The van der Waals surface area contributed by atoms with E-state index in [2.05, 4.69) is 5.10 Å². The Hall–Kier alpha value is -2.47. The SMILES string of the molecule is Cc1nn2c(-c3ccc(Cl)cc3Cl)c(C)oc2c1OC(CO)c1ccccc1. The molecule has 2 aromatic carbocycles. The van der Waals surface area contributed by atoms with Gasteiger partial charge in [0.15, 0.2) is 0 Å². The van der Waals surface area contributed by atoms with Crippen molar-refractivity contribution in [2.45, 2.75) is 20.0 Å². The Morgan fingerprint density at radius 2 is 1.89 bits per heavy atom. The van der Waals surface area contributed by atoms with Gasteiger partial charge in [-0.3, -0.25) is 0 Å². The predicted molar refractivity (Wildman–Crippen MR) is 109 cm³/mol. The molecule has 0 saturated heterocycles. The van der Waals surface area contributed by atoms with Gasteiger partial charge in [-0.1, -0.05) is 53.5 Å². The van der Waals surface area contributed by atoms with Gasteiger partial charge in [0, 0.05) is 10.6 Å². The monoisotopic (exact) mass is 416 g/mol. The fourth-order valence-corrected chi connectivity index (χ4v) is 3.71. The second-order valence-corrected chi connectivity index (χ2v) is 7.31. The van der Waals surface area contributed by atoms with Crippen LogP contribution in [0.4, 0.5) is 0 Å². The molecule has 5 nitrogen and oxygen atoms in total. The first-order valence-corrected chi connectivity index (χ1v) is 9.51. The van der Waals surface area contributed by atoms with Crippen LogP contribution in [0, 0.1) is 13.8 Å². The maximum Gasteiger partial charge on any atom is 0.266 e. The Morgan fingerprint density at radius 3 is 2.57 bits per heavy atom. The average Bonchev–Trinajstić information content (AvgIpc) is 3.14. The van der Waals surface area contributed by atoms with E-state index in [4.69, 9.17) is 32.4 Å². The van der Waals surface area contributed by atoms with Gasteiger partial charge in [-0.2, -0.15) is 9.61 Å². The molecule has 2 heterocycles. The van der Waals surface area contributed by atoms with Crippen molar-refractivity contribution in [1.82, 2.24) is 9.61 Å². The Morgan fingerprint density at radius 1 is 1.14 bits per heavy atom. The molecule has 1 N–H and O–H groups in total. The third kappa shape index (κ3) is 3.26. The van der Waals surface area contributed by atoms with Gasteiger partial charge >= 0.3 is 0 Å². The highest BCUT2D eigenvalue weighted by molar-refractivity contribution is 6.36. The van der Waals surface area contributed by atoms with Crippen LogP contribution >= 0.6 is 23.2 Å². The summed E-state index contributed by atoms with van der Waals surface area (Å²) in [5.41, 5.74) is 3.48. The molecule has 28 heavy (non-hydrogen) atoms. The standard InChI is InChI=1S/C21H18Cl2N2O3/c1-12-20(28-18(11-26)14-6-4-3-5-7-14)21-25(24-12)19(13(2)27-21)16-9-8-15(22)10-17(16)23/h3-10,18,26H,11H2,1-2H3. The fourth-order valence-electron chi connectivity index (χ4n) is 3.22. The molecule has 2 aromatic heterocycles. The van der Waals surface area contributed by atoms with Crippen molar-refractivity contribution in [3.05, 3.63) is 75.6 Å². The first-order chi connectivity index (χ1) is 13.5. The highest BCUT2D eigenvalue weighted by Crippen LogP contribution is 2.38. The summed E-state index contributed by atoms with van der Waals surface area (Å²) in [6.45, 7) is 3.50. The van der Waals surface area contributed by atoms with Gasteiger partial charge in [-0.25, -0.2) is 0 Å². The van der Waals surface area contributed by atoms with Crippen LogP contribution in [-0.2, 0) is 0 Å². The van der Waals surface area contributed by atoms with Crippen molar-refractivity contribution in [2.24, 2.45) is 0 Å². The van der Waals surface area contributed by atoms with E-state index in [0.29, 0.717) is 33.0 Å². The van der Waals surface area contributed by atoms with Crippen LogP contribution in [0.3, 0.4) is 0 Å². The quantitative estimate of drug-likeness (QED) is 0.457. The lowest BCUT2D eigenvalue weighted by molar-refractivity contribution is 0.116. The lowest BCUT2D eigenvalue weighted by atomic mass is 10.1. The van der Waals surface area contributed by atoms with Gasteiger partial charge in [-0.15, -0.1) is 0 Å². The number of hydrogen-bond acceptors (Lipinski definition) is 4. The van der Waals surface area contributed by atoms with Gasteiger partial charge in [0.1, 0.15) is 23.3 Å². The van der Waals surface area contributed by atoms with Crippen molar-refractivity contribution < 1.29 is 14.3 Å². The van der Waals surface area contributed by atoms with E-state index in [1.54, 1.807) is 16.6 Å². The van der Waals surface area contributed by atoms with Crippen LogP contribution in [0.15, 0.2) is 52.9 Å². The number of benzene rings is 2. The Labute approximate surface area is 172 Å². The molecule has 0 fully saturated rings. The van der Waals surface area contributed by atoms with Crippen LogP contribution in [0.25, 0.3) is 17.0 Å². The van der Waals surface area contributed by atoms with Crippen molar-refractivity contribution >= 4 is 28.9 Å². The van der Waals surface area contributed by atoms with Crippen LogP contribution in [-0.4, -0.2) is 21.3 Å². The number of aromatic nitrogens is 2.